The summed E-state index contributed by atoms with van der Waals surface area (Å²) in [5.41, 5.74) is 0.0353. The molecule has 0 atom stereocenters. The van der Waals surface area contributed by atoms with E-state index in [0.717, 1.165) is 0 Å². The topological polar surface area (TPSA) is 38.3 Å². The fourth-order valence-electron chi connectivity index (χ4n) is 3.07. The van der Waals surface area contributed by atoms with Crippen molar-refractivity contribution in [3.63, 3.8) is 0 Å². The van der Waals surface area contributed by atoms with Crippen LogP contribution >= 0.6 is 0 Å². The summed E-state index contributed by atoms with van der Waals surface area (Å²) in [7, 11) is 0. The molecule has 3 nitrogen and oxygen atoms in total. The van der Waals surface area contributed by atoms with Crippen molar-refractivity contribution in [1.29, 1.82) is 0 Å². The van der Waals surface area contributed by atoms with Crippen LogP contribution in [0.5, 0.6) is 0 Å². The zero-order valence-electron chi connectivity index (χ0n) is 8.42. The highest BCUT2D eigenvalue weighted by atomic mass is 16.6. The van der Waals surface area contributed by atoms with Crippen LogP contribution in [-0.2, 0) is 4.74 Å². The van der Waals surface area contributed by atoms with E-state index in [-0.39, 0.29) is 11.6 Å². The molecule has 3 fully saturated rings. The minimum absolute atomic E-state index is 0.0353. The van der Waals surface area contributed by atoms with Gasteiger partial charge in [-0.2, -0.15) is 0 Å². The summed E-state index contributed by atoms with van der Waals surface area (Å²) in [6, 6.07) is 0. The van der Waals surface area contributed by atoms with Gasteiger partial charge in [-0.05, 0) is 37.5 Å². The van der Waals surface area contributed by atoms with Gasteiger partial charge in [0.25, 0.3) is 0 Å². The van der Waals surface area contributed by atoms with Gasteiger partial charge >= 0.3 is 6.09 Å². The maximum absolute atomic E-state index is 11.2. The summed E-state index contributed by atoms with van der Waals surface area (Å²) in [6.45, 7) is 0.626. The third kappa shape index (κ3) is 1.01. The first-order valence-electron chi connectivity index (χ1n) is 5.76. The van der Waals surface area contributed by atoms with Crippen LogP contribution in [0.1, 0.15) is 38.5 Å². The number of rotatable bonds is 2. The molecule has 14 heavy (non-hydrogen) atoms. The fourth-order valence-corrected chi connectivity index (χ4v) is 3.07. The molecule has 0 aromatic rings. The predicted molar refractivity (Wildman–Crippen MR) is 51.9 cm³/mol. The van der Waals surface area contributed by atoms with Gasteiger partial charge in [0.05, 0.1) is 5.54 Å². The molecule has 1 saturated heterocycles. The number of amides is 1. The Morgan fingerprint density at radius 2 is 1.71 bits per heavy atom. The van der Waals surface area contributed by atoms with Crippen molar-refractivity contribution in [3.8, 4) is 0 Å². The van der Waals surface area contributed by atoms with Gasteiger partial charge in [-0.1, -0.05) is 12.8 Å². The second kappa shape index (κ2) is 2.88. The second-order valence-electron chi connectivity index (χ2n) is 5.00. The van der Waals surface area contributed by atoms with Crippen LogP contribution in [-0.4, -0.2) is 18.2 Å². The van der Waals surface area contributed by atoms with Gasteiger partial charge in [0.2, 0.25) is 0 Å². The van der Waals surface area contributed by atoms with Gasteiger partial charge < -0.3 is 10.1 Å². The summed E-state index contributed by atoms with van der Waals surface area (Å²) in [6.07, 6.45) is 7.58. The largest absolute Gasteiger partial charge is 0.447 e. The number of alkyl carbamates (subject to hydrolysis) is 1. The maximum Gasteiger partial charge on any atom is 0.407 e. The van der Waals surface area contributed by atoms with Crippen LogP contribution in [0.25, 0.3) is 0 Å². The van der Waals surface area contributed by atoms with Gasteiger partial charge in [-0.3, -0.25) is 0 Å². The van der Waals surface area contributed by atoms with E-state index in [1.807, 2.05) is 0 Å². The molecule has 0 aromatic carbocycles. The minimum Gasteiger partial charge on any atom is -0.447 e. The standard InChI is InChI=1S/C11H17NO2/c13-10-12-11(7-14-10,8-3-1-4-8)9-5-2-6-9/h8-9H,1-7H2,(H,12,13). The number of hydrogen-bond acceptors (Lipinski definition) is 2. The Balaban J connectivity index is 1.81. The molecule has 0 unspecified atom stereocenters. The molecular formula is C11H17NO2. The minimum atomic E-state index is -0.191. The van der Waals surface area contributed by atoms with Crippen LogP contribution in [0.15, 0.2) is 0 Å². The molecule has 0 radical (unpaired) electrons. The zero-order valence-corrected chi connectivity index (χ0v) is 8.42. The normalized spacial score (nSPS) is 31.6. The summed E-state index contributed by atoms with van der Waals surface area (Å²) in [5, 5.41) is 3.11. The molecule has 0 spiro atoms. The quantitative estimate of drug-likeness (QED) is 0.732. The molecule has 1 amide bonds. The van der Waals surface area contributed by atoms with E-state index in [1.54, 1.807) is 0 Å². The van der Waals surface area contributed by atoms with Gasteiger partial charge in [0, 0.05) is 0 Å². The summed E-state index contributed by atoms with van der Waals surface area (Å²) >= 11 is 0. The van der Waals surface area contributed by atoms with Crippen LogP contribution < -0.4 is 5.32 Å². The van der Waals surface area contributed by atoms with E-state index < -0.39 is 0 Å². The number of carbonyl (C=O) groups excluding carboxylic acids is 1. The van der Waals surface area contributed by atoms with Crippen LogP contribution in [0.4, 0.5) is 4.79 Å². The lowest BCUT2D eigenvalue weighted by atomic mass is 9.60. The SMILES string of the molecule is O=C1NC(C2CCC2)(C2CCC2)CO1. The molecule has 0 aromatic heterocycles. The van der Waals surface area contributed by atoms with Crippen LogP contribution in [0, 0.1) is 11.8 Å². The van der Waals surface area contributed by atoms with E-state index in [2.05, 4.69) is 5.32 Å². The highest BCUT2D eigenvalue weighted by Crippen LogP contribution is 2.48. The third-order valence-corrected chi connectivity index (χ3v) is 4.44. The lowest BCUT2D eigenvalue weighted by Crippen LogP contribution is -2.59. The maximum atomic E-state index is 11.2. The third-order valence-electron chi connectivity index (χ3n) is 4.44. The molecule has 2 aliphatic carbocycles. The van der Waals surface area contributed by atoms with Crippen molar-refractivity contribution in [1.82, 2.24) is 5.32 Å². The number of cyclic esters (lactones) is 1. The predicted octanol–water partition coefficient (Wildman–Crippen LogP) is 2.07. The zero-order chi connectivity index (χ0) is 9.60. The molecule has 0 bridgehead atoms. The van der Waals surface area contributed by atoms with E-state index in [0.29, 0.717) is 18.4 Å². The van der Waals surface area contributed by atoms with E-state index >= 15 is 0 Å². The Labute approximate surface area is 84.2 Å². The van der Waals surface area contributed by atoms with Crippen molar-refractivity contribution in [3.05, 3.63) is 0 Å². The van der Waals surface area contributed by atoms with Crippen LogP contribution in [0.2, 0.25) is 0 Å². The number of nitrogens with one attached hydrogen (secondary N) is 1. The highest BCUT2D eigenvalue weighted by Gasteiger charge is 2.54. The van der Waals surface area contributed by atoms with Crippen molar-refractivity contribution >= 4 is 6.09 Å². The first-order valence-corrected chi connectivity index (χ1v) is 5.76. The number of hydrogen-bond donors (Lipinski definition) is 1. The summed E-state index contributed by atoms with van der Waals surface area (Å²) < 4.78 is 5.13. The first kappa shape index (κ1) is 8.57. The van der Waals surface area contributed by atoms with Gasteiger partial charge in [-0.15, -0.1) is 0 Å². The molecule has 1 N–H and O–H groups in total. The van der Waals surface area contributed by atoms with Crippen molar-refractivity contribution in [2.24, 2.45) is 11.8 Å². The average Bonchev–Trinajstić information content (AvgIpc) is 2.24. The van der Waals surface area contributed by atoms with Crippen molar-refractivity contribution in [2.45, 2.75) is 44.1 Å². The van der Waals surface area contributed by atoms with Crippen LogP contribution in [0.3, 0.4) is 0 Å². The molecule has 3 rings (SSSR count). The molecular weight excluding hydrogens is 178 g/mol. The van der Waals surface area contributed by atoms with E-state index in [4.69, 9.17) is 4.74 Å². The van der Waals surface area contributed by atoms with Gasteiger partial charge in [-0.25, -0.2) is 4.79 Å². The lowest BCUT2D eigenvalue weighted by molar-refractivity contribution is 0.0321. The summed E-state index contributed by atoms with van der Waals surface area (Å²) in [5.74, 6) is 1.39. The molecule has 3 heteroatoms. The van der Waals surface area contributed by atoms with E-state index in [9.17, 15) is 4.79 Å². The lowest BCUT2D eigenvalue weighted by Gasteiger charge is -2.49. The molecule has 3 aliphatic rings. The van der Waals surface area contributed by atoms with Gasteiger partial charge in [0.15, 0.2) is 0 Å². The fraction of sp³-hybridized carbons (Fsp3) is 0.909. The van der Waals surface area contributed by atoms with E-state index in [1.165, 1.54) is 38.5 Å². The summed E-state index contributed by atoms with van der Waals surface area (Å²) in [4.78, 5) is 11.2. The number of ether oxygens (including phenoxy) is 1. The molecule has 1 heterocycles. The second-order valence-corrected chi connectivity index (χ2v) is 5.00. The van der Waals surface area contributed by atoms with Crippen molar-refractivity contribution < 1.29 is 9.53 Å². The highest BCUT2D eigenvalue weighted by molar-refractivity contribution is 5.71. The van der Waals surface area contributed by atoms with Gasteiger partial charge in [0.1, 0.15) is 6.61 Å². The smallest absolute Gasteiger partial charge is 0.407 e. The molecule has 1 aliphatic heterocycles. The Bertz CT molecular complexity index is 242. The molecule has 2 saturated carbocycles. The Hall–Kier alpha value is -0.730. The van der Waals surface area contributed by atoms with Crippen molar-refractivity contribution in [2.75, 3.05) is 6.61 Å². The first-order chi connectivity index (χ1) is 6.81. The average molecular weight is 195 g/mol. The molecule has 78 valence electrons. The Kier molecular flexibility index (Phi) is 1.76. The Morgan fingerprint density at radius 3 is 2.00 bits per heavy atom. The monoisotopic (exact) mass is 195 g/mol. The Morgan fingerprint density at radius 1 is 1.14 bits per heavy atom. The number of carbonyl (C=O) groups is 1.